The molecular weight excluding hydrogens is 468 g/mol. The van der Waals surface area contributed by atoms with E-state index in [1.165, 1.54) is 14.0 Å². The molecule has 4 rings (SSSR count). The molecule has 0 saturated heterocycles. The molecule has 0 saturated carbocycles. The Morgan fingerprint density at radius 2 is 1.88 bits per heavy atom. The highest BCUT2D eigenvalue weighted by molar-refractivity contribution is 9.11. The Bertz CT molecular complexity index is 1280. The highest BCUT2D eigenvalue weighted by Gasteiger charge is 2.25. The summed E-state index contributed by atoms with van der Waals surface area (Å²) in [7, 11) is 1.48. The van der Waals surface area contributed by atoms with Gasteiger partial charge in [-0.1, -0.05) is 0 Å². The van der Waals surface area contributed by atoms with Gasteiger partial charge >= 0.3 is 5.97 Å². The highest BCUT2D eigenvalue weighted by Crippen LogP contribution is 2.41. The number of hydrogen-bond donors (Lipinski definition) is 0. The van der Waals surface area contributed by atoms with Crippen LogP contribution in [0.25, 0.3) is 27.2 Å². The van der Waals surface area contributed by atoms with Gasteiger partial charge in [0.15, 0.2) is 5.75 Å². The van der Waals surface area contributed by atoms with Crippen LogP contribution in [0, 0.1) is 6.92 Å². The summed E-state index contributed by atoms with van der Waals surface area (Å²) < 4.78 is 13.7. The first-order chi connectivity index (χ1) is 12.3. The molecular formula is C18H12Br2N2O4. The van der Waals surface area contributed by atoms with Gasteiger partial charge in [-0.15, -0.1) is 0 Å². The lowest BCUT2D eigenvalue weighted by Gasteiger charge is -2.14. The number of aryl methyl sites for hydroxylation is 1. The van der Waals surface area contributed by atoms with Gasteiger partial charge < -0.3 is 9.47 Å². The molecule has 0 aliphatic rings. The molecule has 0 atom stereocenters. The van der Waals surface area contributed by atoms with Gasteiger partial charge in [-0.05, 0) is 50.9 Å². The monoisotopic (exact) mass is 478 g/mol. The molecule has 4 aromatic rings. The topological polar surface area (TPSA) is 69.9 Å². The van der Waals surface area contributed by atoms with Crippen LogP contribution in [-0.2, 0) is 4.79 Å². The third-order valence-electron chi connectivity index (χ3n) is 4.27. The Hall–Kier alpha value is -2.19. The van der Waals surface area contributed by atoms with E-state index in [1.807, 2.05) is 19.1 Å². The molecule has 0 bridgehead atoms. The quantitative estimate of drug-likeness (QED) is 0.245. The Labute approximate surface area is 164 Å². The van der Waals surface area contributed by atoms with Crippen LogP contribution in [0.1, 0.15) is 12.6 Å². The molecule has 0 N–H and O–H groups in total. The van der Waals surface area contributed by atoms with Gasteiger partial charge in [0.2, 0.25) is 5.43 Å². The zero-order chi connectivity index (χ0) is 18.7. The minimum atomic E-state index is -0.489. The first-order valence-electron chi connectivity index (χ1n) is 7.67. The smallest absolute Gasteiger partial charge is 0.308 e. The lowest BCUT2D eigenvalue weighted by molar-refractivity contribution is -0.131. The maximum Gasteiger partial charge on any atom is 0.308 e. The maximum atomic E-state index is 13.4. The van der Waals surface area contributed by atoms with Crippen molar-refractivity contribution in [2.75, 3.05) is 7.11 Å². The lowest BCUT2D eigenvalue weighted by Crippen LogP contribution is -2.12. The van der Waals surface area contributed by atoms with Crippen LogP contribution in [0.5, 0.6) is 11.5 Å². The molecule has 0 amide bonds. The van der Waals surface area contributed by atoms with Crippen molar-refractivity contribution in [2.45, 2.75) is 13.8 Å². The van der Waals surface area contributed by atoms with Gasteiger partial charge in [-0.25, -0.2) is 4.52 Å². The number of ether oxygens (including phenoxy) is 2. The second-order valence-corrected chi connectivity index (χ2v) is 7.56. The molecule has 26 heavy (non-hydrogen) atoms. The number of methoxy groups -OCH3 is 1. The normalized spacial score (nSPS) is 11.6. The van der Waals surface area contributed by atoms with E-state index < -0.39 is 5.97 Å². The zero-order valence-corrected chi connectivity index (χ0v) is 17.2. The van der Waals surface area contributed by atoms with E-state index in [4.69, 9.17) is 9.47 Å². The summed E-state index contributed by atoms with van der Waals surface area (Å²) in [5, 5.41) is 6.24. The van der Waals surface area contributed by atoms with Gasteiger partial charge in [0, 0.05) is 22.8 Å². The van der Waals surface area contributed by atoms with Gasteiger partial charge in [0.25, 0.3) is 0 Å². The molecule has 0 aliphatic heterocycles. The van der Waals surface area contributed by atoms with Crippen molar-refractivity contribution in [1.29, 1.82) is 0 Å². The predicted molar refractivity (Wildman–Crippen MR) is 106 cm³/mol. The number of esters is 1. The summed E-state index contributed by atoms with van der Waals surface area (Å²) in [4.78, 5) is 25.0. The lowest BCUT2D eigenvalue weighted by atomic mass is 10.1. The van der Waals surface area contributed by atoms with E-state index in [2.05, 4.69) is 37.0 Å². The van der Waals surface area contributed by atoms with E-state index in [0.29, 0.717) is 36.5 Å². The molecule has 2 aromatic heterocycles. The standard InChI is InChI=1S/C18H12Br2N2O4/c1-7-9-4-5-10(19)13-15(9)22(21-7)16-12(26-8(2)23)6-11(20)18(25-3)14(16)17(13)24/h4-6H,1-3H3. The first-order valence-corrected chi connectivity index (χ1v) is 9.25. The predicted octanol–water partition coefficient (Wildman–Crippen LogP) is 4.21. The summed E-state index contributed by atoms with van der Waals surface area (Å²) in [5.41, 5.74) is 1.61. The van der Waals surface area contributed by atoms with E-state index in [0.717, 1.165) is 11.1 Å². The van der Waals surface area contributed by atoms with Crippen LogP contribution in [0.4, 0.5) is 0 Å². The molecule has 0 unspecified atom stereocenters. The van der Waals surface area contributed by atoms with Crippen molar-refractivity contribution >= 4 is 65.0 Å². The number of carbonyl (C=O) groups excluding carboxylic acids is 1. The van der Waals surface area contributed by atoms with Crippen LogP contribution in [0.2, 0.25) is 0 Å². The number of halogens is 2. The van der Waals surface area contributed by atoms with E-state index in [-0.39, 0.29) is 11.2 Å². The number of benzene rings is 2. The summed E-state index contributed by atoms with van der Waals surface area (Å²) in [5.74, 6) is 0.115. The van der Waals surface area contributed by atoms with E-state index in [1.54, 1.807) is 10.6 Å². The Morgan fingerprint density at radius 1 is 1.15 bits per heavy atom. The number of rotatable bonds is 2. The third kappa shape index (κ3) is 2.25. The minimum absolute atomic E-state index is 0.226. The molecule has 0 radical (unpaired) electrons. The fourth-order valence-electron chi connectivity index (χ4n) is 3.29. The van der Waals surface area contributed by atoms with Crippen LogP contribution in [0.3, 0.4) is 0 Å². The van der Waals surface area contributed by atoms with Gasteiger partial charge in [0.1, 0.15) is 11.3 Å². The average Bonchev–Trinajstić information content (AvgIpc) is 2.89. The Balaban J connectivity index is 2.41. The van der Waals surface area contributed by atoms with Crippen LogP contribution >= 0.6 is 31.9 Å². The van der Waals surface area contributed by atoms with Crippen LogP contribution in [-0.4, -0.2) is 22.7 Å². The Kier molecular flexibility index (Phi) is 3.92. The third-order valence-corrected chi connectivity index (χ3v) is 5.52. The number of nitrogens with zero attached hydrogens (tertiary/aromatic N) is 2. The number of pyridine rings is 1. The molecule has 2 aromatic carbocycles. The average molecular weight is 480 g/mol. The van der Waals surface area contributed by atoms with Crippen molar-refractivity contribution in [3.8, 4) is 11.5 Å². The molecule has 132 valence electrons. The van der Waals surface area contributed by atoms with Gasteiger partial charge in [0.05, 0.1) is 33.6 Å². The number of aromatic nitrogens is 2. The molecule has 6 nitrogen and oxygen atoms in total. The zero-order valence-electron chi connectivity index (χ0n) is 14.0. The van der Waals surface area contributed by atoms with Crippen molar-refractivity contribution in [1.82, 2.24) is 9.61 Å². The molecule has 0 fully saturated rings. The Morgan fingerprint density at radius 3 is 2.54 bits per heavy atom. The number of hydrogen-bond acceptors (Lipinski definition) is 5. The fourth-order valence-corrected chi connectivity index (χ4v) is 4.36. The van der Waals surface area contributed by atoms with Crippen LogP contribution in [0.15, 0.2) is 31.9 Å². The van der Waals surface area contributed by atoms with Crippen molar-refractivity contribution in [3.63, 3.8) is 0 Å². The van der Waals surface area contributed by atoms with Crippen molar-refractivity contribution in [3.05, 3.63) is 43.1 Å². The highest BCUT2D eigenvalue weighted by atomic mass is 79.9. The second kappa shape index (κ2) is 5.92. The van der Waals surface area contributed by atoms with Gasteiger partial charge in [-0.2, -0.15) is 5.10 Å². The molecule has 2 heterocycles. The fraction of sp³-hybridized carbons (Fsp3) is 0.167. The summed E-state index contributed by atoms with van der Waals surface area (Å²) in [6.07, 6.45) is 0. The van der Waals surface area contributed by atoms with Crippen LogP contribution < -0.4 is 14.9 Å². The first kappa shape index (κ1) is 17.2. The second-order valence-electron chi connectivity index (χ2n) is 5.85. The number of fused-ring (bicyclic) bond motifs is 2. The molecule has 0 spiro atoms. The van der Waals surface area contributed by atoms with E-state index >= 15 is 0 Å². The minimum Gasteiger partial charge on any atom is -0.495 e. The maximum absolute atomic E-state index is 13.4. The van der Waals surface area contributed by atoms with Crippen molar-refractivity contribution < 1.29 is 14.3 Å². The van der Waals surface area contributed by atoms with E-state index in [9.17, 15) is 9.59 Å². The number of carbonyl (C=O) groups is 1. The molecule has 8 heteroatoms. The summed E-state index contributed by atoms with van der Waals surface area (Å²) in [6.45, 7) is 3.18. The largest absolute Gasteiger partial charge is 0.495 e. The summed E-state index contributed by atoms with van der Waals surface area (Å²) in [6, 6.07) is 5.34. The SMILES string of the molecule is COc1c(Br)cc(OC(C)=O)c2c1c(=O)c1c(Br)ccc3c(C)nn2c31. The van der Waals surface area contributed by atoms with Gasteiger partial charge in [-0.3, -0.25) is 9.59 Å². The summed E-state index contributed by atoms with van der Waals surface area (Å²) >= 11 is 6.87. The molecule has 0 aliphatic carbocycles. The van der Waals surface area contributed by atoms with Crippen molar-refractivity contribution in [2.24, 2.45) is 0 Å².